The Kier molecular flexibility index (Phi) is 6.16. The molecule has 0 saturated heterocycles. The molecule has 1 heterocycles. The standard InChI is InChI=1S/C21H21NO5S/c1-13(21-22-15-7-5-6-8-18(15)28-21)27-19(23)10-9-14-11-16(24-2)20(26-4)17(12-14)25-3/h5-13H,1-4H3/b10-9+/t13-/m0/s1. The second-order valence-corrected chi connectivity index (χ2v) is 6.95. The van der Waals surface area contributed by atoms with Gasteiger partial charge in [-0.15, -0.1) is 11.3 Å². The van der Waals surface area contributed by atoms with E-state index in [1.807, 2.05) is 31.2 Å². The van der Waals surface area contributed by atoms with Gasteiger partial charge in [-0.2, -0.15) is 0 Å². The molecule has 0 aliphatic carbocycles. The first-order valence-corrected chi connectivity index (χ1v) is 9.41. The third-order valence-electron chi connectivity index (χ3n) is 4.05. The summed E-state index contributed by atoms with van der Waals surface area (Å²) in [7, 11) is 4.62. The number of hydrogen-bond donors (Lipinski definition) is 0. The zero-order chi connectivity index (χ0) is 20.1. The lowest BCUT2D eigenvalue weighted by Crippen LogP contribution is -2.05. The Morgan fingerprint density at radius 1 is 1.07 bits per heavy atom. The number of benzene rings is 2. The average Bonchev–Trinajstić information content (AvgIpc) is 3.15. The number of hydrogen-bond acceptors (Lipinski definition) is 7. The second-order valence-electron chi connectivity index (χ2n) is 5.89. The van der Waals surface area contributed by atoms with Gasteiger partial charge in [0.2, 0.25) is 5.75 Å². The minimum atomic E-state index is -0.458. The molecule has 3 aromatic rings. The van der Waals surface area contributed by atoms with Crippen molar-refractivity contribution in [3.8, 4) is 17.2 Å². The van der Waals surface area contributed by atoms with Crippen LogP contribution in [0.4, 0.5) is 0 Å². The Morgan fingerprint density at radius 3 is 2.36 bits per heavy atom. The van der Waals surface area contributed by atoms with Gasteiger partial charge in [0.25, 0.3) is 0 Å². The van der Waals surface area contributed by atoms with E-state index in [4.69, 9.17) is 18.9 Å². The van der Waals surface area contributed by atoms with Crippen LogP contribution in [0, 0.1) is 0 Å². The van der Waals surface area contributed by atoms with Gasteiger partial charge in [0, 0.05) is 6.08 Å². The summed E-state index contributed by atoms with van der Waals surface area (Å²) >= 11 is 1.52. The van der Waals surface area contributed by atoms with Gasteiger partial charge in [0.05, 0.1) is 31.5 Å². The van der Waals surface area contributed by atoms with Crippen LogP contribution in [0.25, 0.3) is 16.3 Å². The van der Waals surface area contributed by atoms with Crippen LogP contribution in [0.15, 0.2) is 42.5 Å². The van der Waals surface area contributed by atoms with Crippen molar-refractivity contribution in [3.05, 3.63) is 53.0 Å². The molecule has 0 unspecified atom stereocenters. The number of rotatable bonds is 7. The van der Waals surface area contributed by atoms with Gasteiger partial charge < -0.3 is 18.9 Å². The molecule has 0 N–H and O–H groups in total. The summed E-state index contributed by atoms with van der Waals surface area (Å²) in [4.78, 5) is 16.7. The van der Waals surface area contributed by atoms with Gasteiger partial charge in [-0.25, -0.2) is 9.78 Å². The number of ether oxygens (including phenoxy) is 4. The van der Waals surface area contributed by atoms with Gasteiger partial charge in [-0.3, -0.25) is 0 Å². The maximum atomic E-state index is 12.2. The Bertz CT molecular complexity index is 953. The first kappa shape index (κ1) is 19.7. The van der Waals surface area contributed by atoms with Crippen molar-refractivity contribution >= 4 is 33.6 Å². The summed E-state index contributed by atoms with van der Waals surface area (Å²) < 4.78 is 22.5. The zero-order valence-electron chi connectivity index (χ0n) is 16.1. The van der Waals surface area contributed by atoms with E-state index in [2.05, 4.69) is 4.98 Å². The summed E-state index contributed by atoms with van der Waals surface area (Å²) in [6, 6.07) is 11.3. The van der Waals surface area contributed by atoms with Crippen molar-refractivity contribution in [3.63, 3.8) is 0 Å². The maximum absolute atomic E-state index is 12.2. The normalized spacial score (nSPS) is 12.1. The largest absolute Gasteiger partial charge is 0.493 e. The Labute approximate surface area is 167 Å². The number of fused-ring (bicyclic) bond motifs is 1. The topological polar surface area (TPSA) is 66.9 Å². The number of para-hydroxylation sites is 1. The first-order valence-electron chi connectivity index (χ1n) is 8.60. The third-order valence-corrected chi connectivity index (χ3v) is 5.25. The average molecular weight is 399 g/mol. The van der Waals surface area contributed by atoms with Gasteiger partial charge >= 0.3 is 5.97 Å². The molecule has 6 nitrogen and oxygen atoms in total. The molecule has 0 amide bonds. The highest BCUT2D eigenvalue weighted by Gasteiger charge is 2.15. The fourth-order valence-corrected chi connectivity index (χ4v) is 3.64. The second kappa shape index (κ2) is 8.75. The molecule has 2 aromatic carbocycles. The SMILES string of the molecule is COc1cc(/C=C/C(=O)O[C@@H](C)c2nc3ccccc3s2)cc(OC)c1OC. The highest BCUT2D eigenvalue weighted by Crippen LogP contribution is 2.38. The van der Waals surface area contributed by atoms with Crippen LogP contribution in [-0.4, -0.2) is 32.3 Å². The number of aromatic nitrogens is 1. The summed E-state index contributed by atoms with van der Waals surface area (Å²) in [5, 5.41) is 0.760. The summed E-state index contributed by atoms with van der Waals surface area (Å²) in [6.45, 7) is 1.81. The van der Waals surface area contributed by atoms with Crippen LogP contribution < -0.4 is 14.2 Å². The molecule has 0 bridgehead atoms. The van der Waals surface area contributed by atoms with Crippen LogP contribution >= 0.6 is 11.3 Å². The monoisotopic (exact) mass is 399 g/mol. The van der Waals surface area contributed by atoms with E-state index < -0.39 is 12.1 Å². The number of carbonyl (C=O) groups is 1. The van der Waals surface area contributed by atoms with Crippen LogP contribution in [0.2, 0.25) is 0 Å². The van der Waals surface area contributed by atoms with Crippen LogP contribution in [0.5, 0.6) is 17.2 Å². The van der Waals surface area contributed by atoms with Gasteiger partial charge in [-0.05, 0) is 42.8 Å². The summed E-state index contributed by atoms with van der Waals surface area (Å²) in [5.41, 5.74) is 1.62. The predicted octanol–water partition coefficient (Wildman–Crippen LogP) is 4.64. The number of thiazole rings is 1. The van der Waals surface area contributed by atoms with Crippen molar-refractivity contribution in [1.82, 2.24) is 4.98 Å². The number of methoxy groups -OCH3 is 3. The molecule has 0 radical (unpaired) electrons. The molecule has 146 valence electrons. The molecule has 1 aromatic heterocycles. The van der Waals surface area contributed by atoms with E-state index in [1.165, 1.54) is 24.5 Å². The smallest absolute Gasteiger partial charge is 0.331 e. The van der Waals surface area contributed by atoms with Crippen LogP contribution in [0.1, 0.15) is 23.6 Å². The lowest BCUT2D eigenvalue weighted by Gasteiger charge is -2.13. The first-order chi connectivity index (χ1) is 13.5. The van der Waals surface area contributed by atoms with E-state index in [1.54, 1.807) is 32.4 Å². The maximum Gasteiger partial charge on any atom is 0.331 e. The number of carbonyl (C=O) groups excluding carboxylic acids is 1. The minimum Gasteiger partial charge on any atom is -0.493 e. The Hall–Kier alpha value is -3.06. The van der Waals surface area contributed by atoms with Gasteiger partial charge in [-0.1, -0.05) is 12.1 Å². The van der Waals surface area contributed by atoms with E-state index in [9.17, 15) is 4.79 Å². The van der Waals surface area contributed by atoms with Crippen molar-refractivity contribution < 1.29 is 23.7 Å². The van der Waals surface area contributed by atoms with Crippen molar-refractivity contribution in [2.24, 2.45) is 0 Å². The molecule has 7 heteroatoms. The highest BCUT2D eigenvalue weighted by atomic mass is 32.1. The van der Waals surface area contributed by atoms with Crippen molar-refractivity contribution in [2.45, 2.75) is 13.0 Å². The third kappa shape index (κ3) is 4.26. The molecule has 0 saturated carbocycles. The van der Waals surface area contributed by atoms with Crippen LogP contribution in [0.3, 0.4) is 0 Å². The molecule has 28 heavy (non-hydrogen) atoms. The van der Waals surface area contributed by atoms with E-state index in [0.717, 1.165) is 20.8 Å². The highest BCUT2D eigenvalue weighted by molar-refractivity contribution is 7.18. The summed E-state index contributed by atoms with van der Waals surface area (Å²) in [6.07, 6.45) is 2.57. The van der Waals surface area contributed by atoms with Gasteiger partial charge in [0.15, 0.2) is 17.6 Å². The fourth-order valence-electron chi connectivity index (χ4n) is 2.69. The Morgan fingerprint density at radius 2 is 1.75 bits per heavy atom. The van der Waals surface area contributed by atoms with Crippen molar-refractivity contribution in [2.75, 3.05) is 21.3 Å². The number of esters is 1. The molecule has 3 rings (SSSR count). The molecule has 1 atom stereocenters. The quantitative estimate of drug-likeness (QED) is 0.426. The Balaban J connectivity index is 1.72. The van der Waals surface area contributed by atoms with Crippen molar-refractivity contribution in [1.29, 1.82) is 0 Å². The van der Waals surface area contributed by atoms with E-state index >= 15 is 0 Å². The van der Waals surface area contributed by atoms with E-state index in [0.29, 0.717) is 17.2 Å². The molecular formula is C21H21NO5S. The molecular weight excluding hydrogens is 378 g/mol. The lowest BCUT2D eigenvalue weighted by molar-refractivity contribution is -0.142. The van der Waals surface area contributed by atoms with Gasteiger partial charge in [0.1, 0.15) is 5.01 Å². The predicted molar refractivity (Wildman–Crippen MR) is 109 cm³/mol. The molecule has 0 aliphatic heterocycles. The molecule has 0 aliphatic rings. The lowest BCUT2D eigenvalue weighted by atomic mass is 10.1. The van der Waals surface area contributed by atoms with Crippen LogP contribution in [-0.2, 0) is 9.53 Å². The summed E-state index contributed by atoms with van der Waals surface area (Å²) in [5.74, 6) is 1.06. The number of nitrogens with zero attached hydrogens (tertiary/aromatic N) is 1. The molecule has 0 spiro atoms. The zero-order valence-corrected chi connectivity index (χ0v) is 16.9. The minimum absolute atomic E-state index is 0.436. The fraction of sp³-hybridized carbons (Fsp3) is 0.238. The van der Waals surface area contributed by atoms with E-state index in [-0.39, 0.29) is 0 Å². The molecule has 0 fully saturated rings.